The van der Waals surface area contributed by atoms with Gasteiger partial charge in [-0.05, 0) is 32.0 Å². The highest BCUT2D eigenvalue weighted by Crippen LogP contribution is 2.24. The highest BCUT2D eigenvalue weighted by atomic mass is 35.5. The number of aryl methyl sites for hydroxylation is 2. The predicted molar refractivity (Wildman–Crippen MR) is 76.0 cm³/mol. The van der Waals surface area contributed by atoms with Crippen molar-refractivity contribution in [2.75, 3.05) is 10.5 Å². The van der Waals surface area contributed by atoms with Gasteiger partial charge in [-0.3, -0.25) is 0 Å². The fourth-order valence-corrected chi connectivity index (χ4v) is 2.90. The Bertz CT molecular complexity index is 763. The van der Waals surface area contributed by atoms with Crippen LogP contribution in [-0.2, 0) is 10.0 Å². The van der Waals surface area contributed by atoms with Crippen LogP contribution in [0.3, 0.4) is 0 Å². The van der Waals surface area contributed by atoms with Gasteiger partial charge in [-0.15, -0.1) is 5.10 Å². The van der Waals surface area contributed by atoms with Crippen LogP contribution in [0.15, 0.2) is 23.1 Å². The topological polar surface area (TPSA) is 111 Å². The molecule has 0 aliphatic carbocycles. The van der Waals surface area contributed by atoms with Gasteiger partial charge in [-0.1, -0.05) is 11.6 Å². The lowest BCUT2D eigenvalue weighted by atomic mass is 10.3. The Hall–Kier alpha value is -1.93. The van der Waals surface area contributed by atoms with Crippen LogP contribution in [-0.4, -0.2) is 23.6 Å². The van der Waals surface area contributed by atoms with Crippen molar-refractivity contribution in [1.82, 2.24) is 15.2 Å². The fraction of sp³-hybridized carbons (Fsp3) is 0.182. The molecule has 7 nitrogen and oxygen atoms in total. The Morgan fingerprint density at radius 1 is 1.20 bits per heavy atom. The molecular weight excluding hydrogens is 302 g/mol. The molecular formula is C11H12ClN5O2S. The normalized spacial score (nSPS) is 11.3. The maximum absolute atomic E-state index is 12.2. The fourth-order valence-electron chi connectivity index (χ4n) is 1.41. The van der Waals surface area contributed by atoms with E-state index in [0.717, 1.165) is 0 Å². The first-order chi connectivity index (χ1) is 9.29. The number of hydrogen-bond acceptors (Lipinski definition) is 6. The van der Waals surface area contributed by atoms with Gasteiger partial charge in [0, 0.05) is 5.69 Å². The van der Waals surface area contributed by atoms with Crippen molar-refractivity contribution < 1.29 is 8.42 Å². The number of aromatic nitrogens is 3. The molecule has 0 aliphatic rings. The van der Waals surface area contributed by atoms with Crippen molar-refractivity contribution in [1.29, 1.82) is 0 Å². The Morgan fingerprint density at radius 3 is 2.50 bits per heavy atom. The van der Waals surface area contributed by atoms with E-state index in [1.165, 1.54) is 18.2 Å². The number of rotatable bonds is 3. The van der Waals surface area contributed by atoms with Gasteiger partial charge in [-0.2, -0.15) is 5.10 Å². The maximum Gasteiger partial charge on any atom is 0.265 e. The zero-order valence-corrected chi connectivity index (χ0v) is 12.3. The number of sulfonamides is 1. The third kappa shape index (κ3) is 2.97. The molecule has 0 fully saturated rings. The minimum absolute atomic E-state index is 0.0225. The molecule has 9 heteroatoms. The van der Waals surface area contributed by atoms with E-state index in [1.54, 1.807) is 13.8 Å². The summed E-state index contributed by atoms with van der Waals surface area (Å²) in [5.74, 6) is -0.110. The first kappa shape index (κ1) is 14.5. The molecule has 0 aliphatic heterocycles. The molecule has 0 atom stereocenters. The van der Waals surface area contributed by atoms with Crippen LogP contribution in [0.4, 0.5) is 11.6 Å². The van der Waals surface area contributed by atoms with Crippen molar-refractivity contribution in [2.24, 2.45) is 0 Å². The molecule has 0 amide bonds. The van der Waals surface area contributed by atoms with Crippen LogP contribution < -0.4 is 10.5 Å². The van der Waals surface area contributed by atoms with Gasteiger partial charge >= 0.3 is 0 Å². The maximum atomic E-state index is 12.2. The summed E-state index contributed by atoms with van der Waals surface area (Å²) < 4.78 is 26.6. The van der Waals surface area contributed by atoms with Crippen LogP contribution >= 0.6 is 11.6 Å². The van der Waals surface area contributed by atoms with E-state index in [0.29, 0.717) is 17.1 Å². The number of anilines is 2. The zero-order chi connectivity index (χ0) is 14.9. The van der Waals surface area contributed by atoms with Gasteiger partial charge in [0.05, 0.1) is 16.4 Å². The molecule has 1 heterocycles. The van der Waals surface area contributed by atoms with Gasteiger partial charge in [0.15, 0.2) is 0 Å². The van der Waals surface area contributed by atoms with Crippen molar-refractivity contribution >= 4 is 33.3 Å². The van der Waals surface area contributed by atoms with Crippen LogP contribution in [0.2, 0.25) is 5.02 Å². The molecule has 20 heavy (non-hydrogen) atoms. The first-order valence-electron chi connectivity index (χ1n) is 5.55. The Labute approximate surface area is 121 Å². The van der Waals surface area contributed by atoms with E-state index in [9.17, 15) is 8.42 Å². The lowest BCUT2D eigenvalue weighted by molar-refractivity contribution is 0.600. The second kappa shape index (κ2) is 5.22. The molecule has 0 spiro atoms. The lowest BCUT2D eigenvalue weighted by Gasteiger charge is -2.09. The molecule has 1 aromatic carbocycles. The van der Waals surface area contributed by atoms with Gasteiger partial charge in [0.1, 0.15) is 4.90 Å². The summed E-state index contributed by atoms with van der Waals surface area (Å²) in [5, 5.41) is 7.50. The number of nitrogens with two attached hydrogens (primary N) is 1. The van der Waals surface area contributed by atoms with E-state index in [-0.39, 0.29) is 15.9 Å². The molecule has 0 bridgehead atoms. The molecule has 0 saturated heterocycles. The van der Waals surface area contributed by atoms with Crippen LogP contribution in [0.1, 0.15) is 11.4 Å². The zero-order valence-electron chi connectivity index (χ0n) is 10.8. The molecule has 0 unspecified atom stereocenters. The second-order valence-corrected chi connectivity index (χ2v) is 6.16. The monoisotopic (exact) mass is 313 g/mol. The summed E-state index contributed by atoms with van der Waals surface area (Å²) in [6.45, 7) is 3.43. The Morgan fingerprint density at radius 2 is 1.90 bits per heavy atom. The van der Waals surface area contributed by atoms with Crippen LogP contribution in [0.25, 0.3) is 0 Å². The standard InChI is InChI=1S/C11H12ClN5O2S/c1-6-7(2)15-16-11(14-6)17-20(18,19)10-4-3-8(13)5-9(10)12/h3-5H,13H2,1-2H3,(H,14,16,17). The van der Waals surface area contributed by atoms with Crippen molar-refractivity contribution in [3.63, 3.8) is 0 Å². The molecule has 0 saturated carbocycles. The van der Waals surface area contributed by atoms with E-state index in [1.807, 2.05) is 0 Å². The van der Waals surface area contributed by atoms with E-state index in [4.69, 9.17) is 17.3 Å². The highest BCUT2D eigenvalue weighted by molar-refractivity contribution is 7.92. The Kier molecular flexibility index (Phi) is 3.78. The molecule has 106 valence electrons. The summed E-state index contributed by atoms with van der Waals surface area (Å²) >= 11 is 5.88. The van der Waals surface area contributed by atoms with Gasteiger partial charge in [0.2, 0.25) is 0 Å². The SMILES string of the molecule is Cc1nnc(NS(=O)(=O)c2ccc(N)cc2Cl)nc1C. The molecule has 2 aromatic rings. The number of nitrogens with one attached hydrogen (secondary N) is 1. The summed E-state index contributed by atoms with van der Waals surface area (Å²) in [6, 6.07) is 4.12. The highest BCUT2D eigenvalue weighted by Gasteiger charge is 2.19. The van der Waals surface area contributed by atoms with Crippen LogP contribution in [0.5, 0.6) is 0 Å². The quantitative estimate of drug-likeness (QED) is 0.831. The Balaban J connectivity index is 2.38. The van der Waals surface area contributed by atoms with Gasteiger partial charge in [0.25, 0.3) is 16.0 Å². The van der Waals surface area contributed by atoms with Gasteiger partial charge in [-0.25, -0.2) is 18.1 Å². The van der Waals surface area contributed by atoms with Gasteiger partial charge < -0.3 is 5.73 Å². The smallest absolute Gasteiger partial charge is 0.265 e. The molecule has 3 N–H and O–H groups in total. The molecule has 2 rings (SSSR count). The van der Waals surface area contributed by atoms with Crippen molar-refractivity contribution in [3.05, 3.63) is 34.6 Å². The minimum atomic E-state index is -3.89. The van der Waals surface area contributed by atoms with E-state index in [2.05, 4.69) is 19.9 Å². The summed E-state index contributed by atoms with van der Waals surface area (Å²) in [4.78, 5) is 3.90. The van der Waals surface area contributed by atoms with Crippen molar-refractivity contribution in [3.8, 4) is 0 Å². The number of nitrogens with zero attached hydrogens (tertiary/aromatic N) is 3. The van der Waals surface area contributed by atoms with E-state index >= 15 is 0 Å². The summed E-state index contributed by atoms with van der Waals surface area (Å²) in [5.41, 5.74) is 7.11. The summed E-state index contributed by atoms with van der Waals surface area (Å²) in [6.07, 6.45) is 0. The molecule has 0 radical (unpaired) electrons. The third-order valence-electron chi connectivity index (χ3n) is 2.56. The average molecular weight is 314 g/mol. The molecule has 1 aromatic heterocycles. The lowest BCUT2D eigenvalue weighted by Crippen LogP contribution is -2.16. The predicted octanol–water partition coefficient (Wildman–Crippen LogP) is 1.52. The summed E-state index contributed by atoms with van der Waals surface area (Å²) in [7, 11) is -3.89. The number of benzene rings is 1. The van der Waals surface area contributed by atoms with Crippen molar-refractivity contribution in [2.45, 2.75) is 18.7 Å². The minimum Gasteiger partial charge on any atom is -0.399 e. The number of halogens is 1. The average Bonchev–Trinajstić information content (AvgIpc) is 2.33. The number of hydrogen-bond donors (Lipinski definition) is 2. The van der Waals surface area contributed by atoms with E-state index < -0.39 is 10.0 Å². The third-order valence-corrected chi connectivity index (χ3v) is 4.37. The van der Waals surface area contributed by atoms with Crippen LogP contribution in [0, 0.1) is 13.8 Å². The largest absolute Gasteiger partial charge is 0.399 e. The first-order valence-corrected chi connectivity index (χ1v) is 7.41. The number of nitrogen functional groups attached to an aromatic ring is 1. The second-order valence-electron chi connectivity index (χ2n) is 4.10.